The number of para-hydroxylation sites is 2. The lowest BCUT2D eigenvalue weighted by molar-refractivity contribution is 0.436. The number of aryl methyl sites for hydroxylation is 4. The highest BCUT2D eigenvalue weighted by molar-refractivity contribution is 5.99. The average molecular weight is 715 g/mol. The Hall–Kier alpha value is -6.84. The maximum absolute atomic E-state index is 6.62. The number of ether oxygens (including phenoxy) is 1. The highest BCUT2D eigenvalue weighted by Crippen LogP contribution is 2.63. The SMILES string of the molecule is c1ccc2c(c1)Oc1ccccc1C21c2ccccc2-c2c(-c3nc(-c4cc5c6c(cccc6c4)CC5)cc(-c4ccc5cccc6c5c4CC6)n3)cccc21. The van der Waals surface area contributed by atoms with Gasteiger partial charge in [-0.25, -0.2) is 9.97 Å². The maximum Gasteiger partial charge on any atom is 0.161 e. The van der Waals surface area contributed by atoms with Crippen LogP contribution in [0.2, 0.25) is 0 Å². The van der Waals surface area contributed by atoms with E-state index in [2.05, 4.69) is 158 Å². The van der Waals surface area contributed by atoms with Gasteiger partial charge in [0, 0.05) is 27.8 Å². The first kappa shape index (κ1) is 30.5. The van der Waals surface area contributed by atoms with Crippen LogP contribution in [-0.4, -0.2) is 9.97 Å². The number of benzene rings is 8. The molecule has 4 aliphatic rings. The monoisotopic (exact) mass is 714 g/mol. The summed E-state index contributed by atoms with van der Waals surface area (Å²) in [6, 6.07) is 57.8. The van der Waals surface area contributed by atoms with Crippen molar-refractivity contribution in [3.05, 3.63) is 202 Å². The molecule has 3 heteroatoms. The minimum atomic E-state index is -0.561. The molecule has 2 heterocycles. The molecule has 0 N–H and O–H groups in total. The number of aromatic nitrogens is 2. The van der Waals surface area contributed by atoms with Gasteiger partial charge in [0.15, 0.2) is 5.82 Å². The summed E-state index contributed by atoms with van der Waals surface area (Å²) < 4.78 is 6.62. The van der Waals surface area contributed by atoms with Crippen LogP contribution < -0.4 is 4.74 Å². The molecule has 0 saturated carbocycles. The van der Waals surface area contributed by atoms with Crippen molar-refractivity contribution in [1.82, 2.24) is 9.97 Å². The average Bonchev–Trinajstić information content (AvgIpc) is 3.96. The highest BCUT2D eigenvalue weighted by Gasteiger charge is 2.51. The zero-order chi connectivity index (χ0) is 36.5. The first-order chi connectivity index (χ1) is 27.7. The van der Waals surface area contributed by atoms with Crippen LogP contribution in [0.5, 0.6) is 11.5 Å². The Kier molecular flexibility index (Phi) is 6.05. The fraction of sp³-hybridized carbons (Fsp3) is 0.0943. The van der Waals surface area contributed by atoms with E-state index in [1.165, 1.54) is 71.6 Å². The zero-order valence-corrected chi connectivity index (χ0v) is 30.6. The number of hydrogen-bond acceptors (Lipinski definition) is 3. The zero-order valence-electron chi connectivity index (χ0n) is 30.6. The second-order valence-corrected chi connectivity index (χ2v) is 15.8. The summed E-state index contributed by atoms with van der Waals surface area (Å²) in [4.78, 5) is 11.2. The lowest BCUT2D eigenvalue weighted by Crippen LogP contribution is -2.32. The molecular weight excluding hydrogens is 681 g/mol. The van der Waals surface area contributed by atoms with Gasteiger partial charge in [0.05, 0.1) is 16.8 Å². The predicted molar refractivity (Wildman–Crippen MR) is 226 cm³/mol. The van der Waals surface area contributed by atoms with Crippen molar-refractivity contribution in [2.24, 2.45) is 0 Å². The van der Waals surface area contributed by atoms with E-state index in [-0.39, 0.29) is 0 Å². The molecule has 0 atom stereocenters. The van der Waals surface area contributed by atoms with E-state index in [4.69, 9.17) is 14.7 Å². The second-order valence-electron chi connectivity index (χ2n) is 15.8. The maximum atomic E-state index is 6.62. The third kappa shape index (κ3) is 3.97. The summed E-state index contributed by atoms with van der Waals surface area (Å²) in [7, 11) is 0. The molecule has 8 aromatic carbocycles. The van der Waals surface area contributed by atoms with Gasteiger partial charge in [-0.1, -0.05) is 127 Å². The van der Waals surface area contributed by atoms with Crippen molar-refractivity contribution in [3.8, 4) is 56.5 Å². The Balaban J connectivity index is 1.11. The minimum absolute atomic E-state index is 0.561. The molecule has 0 radical (unpaired) electrons. The summed E-state index contributed by atoms with van der Waals surface area (Å²) in [6.45, 7) is 0. The van der Waals surface area contributed by atoms with Crippen LogP contribution in [0.3, 0.4) is 0 Å². The van der Waals surface area contributed by atoms with E-state index in [9.17, 15) is 0 Å². The Morgan fingerprint density at radius 3 is 1.91 bits per heavy atom. The lowest BCUT2D eigenvalue weighted by Gasteiger charge is -2.39. The second kappa shape index (κ2) is 11.1. The largest absolute Gasteiger partial charge is 0.457 e. The van der Waals surface area contributed by atoms with E-state index in [0.29, 0.717) is 0 Å². The molecule has 56 heavy (non-hydrogen) atoms. The number of nitrogens with zero attached hydrogens (tertiary/aromatic N) is 2. The topological polar surface area (TPSA) is 35.0 Å². The van der Waals surface area contributed by atoms with Crippen LogP contribution in [0.25, 0.3) is 66.6 Å². The molecule has 3 nitrogen and oxygen atoms in total. The van der Waals surface area contributed by atoms with Gasteiger partial charge in [-0.3, -0.25) is 0 Å². The quantitative estimate of drug-likeness (QED) is 0.183. The van der Waals surface area contributed by atoms with E-state index < -0.39 is 5.41 Å². The molecule has 13 rings (SSSR count). The lowest BCUT2D eigenvalue weighted by atomic mass is 9.66. The van der Waals surface area contributed by atoms with Crippen molar-refractivity contribution in [2.75, 3.05) is 0 Å². The molecule has 0 saturated heterocycles. The molecule has 0 bridgehead atoms. The Morgan fingerprint density at radius 2 is 1.07 bits per heavy atom. The van der Waals surface area contributed by atoms with Crippen molar-refractivity contribution in [2.45, 2.75) is 31.1 Å². The molecule has 1 aliphatic heterocycles. The standard InChI is InChI=1S/C53H34N2O/c1-2-16-41-39(14-1)51-40(15-9-19-44(51)53(41)42-17-3-5-20-47(42)56-48-21-6-4-18-43(48)53)52-54-45(36-28-34-13-8-10-31-22-23-35(29-36)49(31)34)30-46(55-52)37-26-24-32-11-7-12-33-25-27-38(37)50(32)33/h1-21,24,26,28-30H,22-23,25,27H2. The van der Waals surface area contributed by atoms with Crippen LogP contribution in [0, 0.1) is 0 Å². The number of fused-ring (bicyclic) bond motifs is 9. The first-order valence-corrected chi connectivity index (χ1v) is 19.8. The first-order valence-electron chi connectivity index (χ1n) is 19.8. The van der Waals surface area contributed by atoms with E-state index >= 15 is 0 Å². The van der Waals surface area contributed by atoms with Gasteiger partial charge in [-0.2, -0.15) is 0 Å². The fourth-order valence-corrected chi connectivity index (χ4v) is 10.9. The summed E-state index contributed by atoms with van der Waals surface area (Å²) in [6.07, 6.45) is 4.22. The number of hydrogen-bond donors (Lipinski definition) is 0. The molecule has 0 fully saturated rings. The highest BCUT2D eigenvalue weighted by atomic mass is 16.5. The molecule has 262 valence electrons. The summed E-state index contributed by atoms with van der Waals surface area (Å²) in [5, 5.41) is 5.41. The van der Waals surface area contributed by atoms with E-state index in [0.717, 1.165) is 76.6 Å². The third-order valence-electron chi connectivity index (χ3n) is 13.1. The van der Waals surface area contributed by atoms with Gasteiger partial charge in [0.1, 0.15) is 11.5 Å². The fourth-order valence-electron chi connectivity index (χ4n) is 10.9. The molecule has 3 aliphatic carbocycles. The Bertz CT molecular complexity index is 3150. The smallest absolute Gasteiger partial charge is 0.161 e. The van der Waals surface area contributed by atoms with E-state index in [1.807, 2.05) is 0 Å². The Labute approximate surface area is 324 Å². The van der Waals surface area contributed by atoms with Crippen LogP contribution in [-0.2, 0) is 31.1 Å². The molecule has 1 spiro atoms. The summed E-state index contributed by atoms with van der Waals surface area (Å²) in [5.41, 5.74) is 17.6. The summed E-state index contributed by atoms with van der Waals surface area (Å²) in [5.74, 6) is 2.53. The van der Waals surface area contributed by atoms with Crippen molar-refractivity contribution in [3.63, 3.8) is 0 Å². The van der Waals surface area contributed by atoms with E-state index in [1.54, 1.807) is 0 Å². The van der Waals surface area contributed by atoms with Gasteiger partial charge >= 0.3 is 0 Å². The third-order valence-corrected chi connectivity index (χ3v) is 13.1. The molecule has 0 amide bonds. The molecule has 1 aromatic heterocycles. The molecular formula is C53H34N2O. The van der Waals surface area contributed by atoms with Crippen LogP contribution in [0.15, 0.2) is 158 Å². The van der Waals surface area contributed by atoms with Crippen molar-refractivity contribution < 1.29 is 4.74 Å². The van der Waals surface area contributed by atoms with Crippen molar-refractivity contribution in [1.29, 1.82) is 0 Å². The number of rotatable bonds is 3. The van der Waals surface area contributed by atoms with Crippen molar-refractivity contribution >= 4 is 21.5 Å². The van der Waals surface area contributed by atoms with Crippen LogP contribution >= 0.6 is 0 Å². The molecule has 0 unspecified atom stereocenters. The predicted octanol–water partition coefficient (Wildman–Crippen LogP) is 12.4. The van der Waals surface area contributed by atoms with Gasteiger partial charge in [-0.15, -0.1) is 0 Å². The molecule has 9 aromatic rings. The van der Waals surface area contributed by atoms with Gasteiger partial charge < -0.3 is 4.74 Å². The van der Waals surface area contributed by atoms with Gasteiger partial charge in [-0.05, 0) is 122 Å². The minimum Gasteiger partial charge on any atom is -0.457 e. The van der Waals surface area contributed by atoms with Gasteiger partial charge in [0.2, 0.25) is 0 Å². The van der Waals surface area contributed by atoms with Crippen LogP contribution in [0.1, 0.15) is 44.5 Å². The normalized spacial score (nSPS) is 14.8. The van der Waals surface area contributed by atoms with Gasteiger partial charge in [0.25, 0.3) is 0 Å². The van der Waals surface area contributed by atoms with Crippen LogP contribution in [0.4, 0.5) is 0 Å². The summed E-state index contributed by atoms with van der Waals surface area (Å²) >= 11 is 0. The Morgan fingerprint density at radius 1 is 0.429 bits per heavy atom.